The number of benzene rings is 1. The number of anilines is 1. The van der Waals surface area contributed by atoms with Gasteiger partial charge in [-0.15, -0.1) is 0 Å². The third kappa shape index (κ3) is 3.85. The maximum absolute atomic E-state index is 12.5. The first-order valence-corrected chi connectivity index (χ1v) is 9.60. The zero-order valence-electron chi connectivity index (χ0n) is 13.6. The van der Waals surface area contributed by atoms with Gasteiger partial charge in [0.25, 0.3) is 10.2 Å². The van der Waals surface area contributed by atoms with Crippen molar-refractivity contribution >= 4 is 15.9 Å². The van der Waals surface area contributed by atoms with Crippen molar-refractivity contribution < 1.29 is 13.2 Å². The van der Waals surface area contributed by atoms with E-state index in [0.717, 1.165) is 44.7 Å². The molecule has 0 atom stereocenters. The molecule has 7 heteroatoms. The van der Waals surface area contributed by atoms with E-state index in [2.05, 4.69) is 17.0 Å². The number of rotatable bonds is 5. The third-order valence-corrected chi connectivity index (χ3v) is 6.44. The summed E-state index contributed by atoms with van der Waals surface area (Å²) >= 11 is 0. The first-order chi connectivity index (χ1) is 11.1. The molecule has 2 heterocycles. The van der Waals surface area contributed by atoms with Crippen LogP contribution in [-0.2, 0) is 21.5 Å². The molecule has 1 aromatic rings. The smallest absolute Gasteiger partial charge is 0.282 e. The van der Waals surface area contributed by atoms with Gasteiger partial charge in [-0.2, -0.15) is 17.0 Å². The highest BCUT2D eigenvalue weighted by atomic mass is 32.2. The lowest BCUT2D eigenvalue weighted by atomic mass is 10.2. The van der Waals surface area contributed by atoms with Gasteiger partial charge in [0.05, 0.1) is 13.2 Å². The number of morpholine rings is 1. The van der Waals surface area contributed by atoms with E-state index in [-0.39, 0.29) is 0 Å². The van der Waals surface area contributed by atoms with Gasteiger partial charge in [-0.25, -0.2) is 0 Å². The Morgan fingerprint density at radius 1 is 1.04 bits per heavy atom. The Kier molecular flexibility index (Phi) is 5.21. The van der Waals surface area contributed by atoms with Crippen LogP contribution in [0.1, 0.15) is 18.4 Å². The Balaban J connectivity index is 1.63. The Labute approximate surface area is 138 Å². The summed E-state index contributed by atoms with van der Waals surface area (Å²) in [5, 5.41) is 0. The van der Waals surface area contributed by atoms with Crippen molar-refractivity contribution in [2.24, 2.45) is 0 Å². The fraction of sp³-hybridized carbons (Fsp3) is 0.625. The lowest BCUT2D eigenvalue weighted by Crippen LogP contribution is -2.39. The van der Waals surface area contributed by atoms with E-state index >= 15 is 0 Å². The van der Waals surface area contributed by atoms with Crippen LogP contribution >= 0.6 is 0 Å². The van der Waals surface area contributed by atoms with Crippen molar-refractivity contribution in [1.29, 1.82) is 0 Å². The van der Waals surface area contributed by atoms with Crippen molar-refractivity contribution in [3.05, 3.63) is 29.8 Å². The van der Waals surface area contributed by atoms with E-state index in [1.54, 1.807) is 11.4 Å². The van der Waals surface area contributed by atoms with Crippen LogP contribution in [0, 0.1) is 0 Å². The molecule has 0 aromatic heterocycles. The van der Waals surface area contributed by atoms with Crippen molar-refractivity contribution in [3.8, 4) is 0 Å². The van der Waals surface area contributed by atoms with Gasteiger partial charge in [-0.3, -0.25) is 0 Å². The zero-order valence-corrected chi connectivity index (χ0v) is 14.5. The fourth-order valence-electron chi connectivity index (χ4n) is 3.09. The number of ether oxygens (including phenoxy) is 1. The summed E-state index contributed by atoms with van der Waals surface area (Å²) in [6.45, 7) is 5.02. The number of hydrogen-bond acceptors (Lipinski definition) is 4. The molecule has 2 fully saturated rings. The average Bonchev–Trinajstić information content (AvgIpc) is 3.11. The summed E-state index contributed by atoms with van der Waals surface area (Å²) in [6, 6.07) is 8.16. The summed E-state index contributed by atoms with van der Waals surface area (Å²) < 4.78 is 33.4. The van der Waals surface area contributed by atoms with Gasteiger partial charge in [0.15, 0.2) is 0 Å². The molecule has 3 rings (SSSR count). The molecule has 0 radical (unpaired) electrons. The molecule has 0 saturated carbocycles. The minimum Gasteiger partial charge on any atom is -0.378 e. The molecule has 0 amide bonds. The van der Waals surface area contributed by atoms with Gasteiger partial charge in [0, 0.05) is 45.5 Å². The predicted molar refractivity (Wildman–Crippen MR) is 90.7 cm³/mol. The predicted octanol–water partition coefficient (Wildman–Crippen LogP) is 1.30. The van der Waals surface area contributed by atoms with Gasteiger partial charge in [-0.05, 0) is 30.5 Å². The summed E-state index contributed by atoms with van der Waals surface area (Å²) in [6.07, 6.45) is 1.92. The van der Waals surface area contributed by atoms with Gasteiger partial charge in [0.1, 0.15) is 0 Å². The number of hydrogen-bond donors (Lipinski definition) is 0. The molecule has 0 aliphatic carbocycles. The molecular formula is C16H25N3O3S. The van der Waals surface area contributed by atoms with Crippen LogP contribution < -0.4 is 4.90 Å². The van der Waals surface area contributed by atoms with Crippen LogP contribution in [0.5, 0.6) is 0 Å². The van der Waals surface area contributed by atoms with E-state index in [4.69, 9.17) is 4.74 Å². The summed E-state index contributed by atoms with van der Waals surface area (Å²) in [5.41, 5.74) is 2.18. The molecule has 2 aliphatic rings. The van der Waals surface area contributed by atoms with Crippen molar-refractivity contribution in [3.63, 3.8) is 0 Å². The first kappa shape index (κ1) is 16.7. The maximum atomic E-state index is 12.5. The summed E-state index contributed by atoms with van der Waals surface area (Å²) in [7, 11) is -1.67. The largest absolute Gasteiger partial charge is 0.378 e. The van der Waals surface area contributed by atoms with Crippen LogP contribution in [0.4, 0.5) is 5.69 Å². The second-order valence-corrected chi connectivity index (χ2v) is 8.17. The normalized spacial score (nSPS) is 20.3. The van der Waals surface area contributed by atoms with Gasteiger partial charge < -0.3 is 9.64 Å². The number of nitrogens with zero attached hydrogens (tertiary/aromatic N) is 3. The Hall–Kier alpha value is -1.15. The molecule has 0 unspecified atom stereocenters. The lowest BCUT2D eigenvalue weighted by molar-refractivity contribution is 0.122. The van der Waals surface area contributed by atoms with E-state index in [9.17, 15) is 8.42 Å². The lowest BCUT2D eigenvalue weighted by Gasteiger charge is -2.29. The zero-order chi connectivity index (χ0) is 16.3. The van der Waals surface area contributed by atoms with E-state index in [1.807, 2.05) is 12.1 Å². The summed E-state index contributed by atoms with van der Waals surface area (Å²) in [4.78, 5) is 2.29. The molecule has 23 heavy (non-hydrogen) atoms. The third-order valence-electron chi connectivity index (χ3n) is 4.50. The van der Waals surface area contributed by atoms with Crippen molar-refractivity contribution in [1.82, 2.24) is 8.61 Å². The van der Waals surface area contributed by atoms with Gasteiger partial charge in [-0.1, -0.05) is 12.1 Å². The van der Waals surface area contributed by atoms with Crippen molar-refractivity contribution in [2.45, 2.75) is 19.4 Å². The average molecular weight is 339 g/mol. The second-order valence-electron chi connectivity index (χ2n) is 6.14. The second kappa shape index (κ2) is 7.17. The molecule has 0 spiro atoms. The minimum absolute atomic E-state index is 0.405. The Bertz CT molecular complexity index is 606. The van der Waals surface area contributed by atoms with E-state index < -0.39 is 10.2 Å². The van der Waals surface area contributed by atoms with Gasteiger partial charge >= 0.3 is 0 Å². The van der Waals surface area contributed by atoms with E-state index in [0.29, 0.717) is 19.6 Å². The highest BCUT2D eigenvalue weighted by molar-refractivity contribution is 7.86. The van der Waals surface area contributed by atoms with Crippen molar-refractivity contribution in [2.75, 3.05) is 51.3 Å². The Morgan fingerprint density at radius 2 is 1.65 bits per heavy atom. The highest BCUT2D eigenvalue weighted by Gasteiger charge is 2.29. The van der Waals surface area contributed by atoms with E-state index in [1.165, 1.54) is 9.99 Å². The molecular weight excluding hydrogens is 314 g/mol. The van der Waals surface area contributed by atoms with Crippen LogP contribution in [0.15, 0.2) is 24.3 Å². The molecule has 6 nitrogen and oxygen atoms in total. The fourth-order valence-corrected chi connectivity index (χ4v) is 4.51. The molecule has 0 bridgehead atoms. The Morgan fingerprint density at radius 3 is 2.26 bits per heavy atom. The molecule has 1 aromatic carbocycles. The van der Waals surface area contributed by atoms with Crippen LogP contribution in [0.2, 0.25) is 0 Å². The molecule has 2 saturated heterocycles. The molecule has 128 valence electrons. The maximum Gasteiger partial charge on any atom is 0.282 e. The highest BCUT2D eigenvalue weighted by Crippen LogP contribution is 2.20. The SMILES string of the molecule is CN(Cc1ccc(N2CCOCC2)cc1)S(=O)(=O)N1CCCC1. The van der Waals surface area contributed by atoms with Gasteiger partial charge in [0.2, 0.25) is 0 Å². The standard InChI is InChI=1S/C16H25N3O3S/c1-17(23(20,21)19-8-2-3-9-19)14-15-4-6-16(7-5-15)18-10-12-22-13-11-18/h4-7H,2-3,8-14H2,1H3. The topological polar surface area (TPSA) is 53.1 Å². The molecule has 2 aliphatic heterocycles. The minimum atomic E-state index is -3.33. The summed E-state index contributed by atoms with van der Waals surface area (Å²) in [5.74, 6) is 0. The van der Waals surface area contributed by atoms with Crippen LogP contribution in [0.25, 0.3) is 0 Å². The van der Waals surface area contributed by atoms with Crippen LogP contribution in [-0.4, -0.2) is 63.5 Å². The quantitative estimate of drug-likeness (QED) is 0.811. The monoisotopic (exact) mass is 339 g/mol. The van der Waals surface area contributed by atoms with Crippen LogP contribution in [0.3, 0.4) is 0 Å². The molecule has 0 N–H and O–H groups in total. The first-order valence-electron chi connectivity index (χ1n) is 8.20.